The molecule has 0 atom stereocenters. The Bertz CT molecular complexity index is 712. The van der Waals surface area contributed by atoms with Crippen molar-refractivity contribution in [3.63, 3.8) is 0 Å². The highest BCUT2D eigenvalue weighted by Gasteiger charge is 2.16. The van der Waals surface area contributed by atoms with Crippen LogP contribution in [-0.2, 0) is 11.3 Å². The van der Waals surface area contributed by atoms with Gasteiger partial charge in [-0.15, -0.1) is 0 Å². The molecule has 1 saturated heterocycles. The van der Waals surface area contributed by atoms with Gasteiger partial charge in [0.15, 0.2) is 0 Å². The zero-order valence-corrected chi connectivity index (χ0v) is 14.4. The van der Waals surface area contributed by atoms with Gasteiger partial charge in [-0.2, -0.15) is 0 Å². The number of anilines is 2. The van der Waals surface area contributed by atoms with Gasteiger partial charge in [-0.3, -0.25) is 4.90 Å². The Morgan fingerprint density at radius 3 is 2.56 bits per heavy atom. The Kier molecular flexibility index (Phi) is 5.40. The Morgan fingerprint density at radius 1 is 1.20 bits per heavy atom. The van der Waals surface area contributed by atoms with Crippen LogP contribution < -0.4 is 20.3 Å². The third-order valence-corrected chi connectivity index (χ3v) is 4.28. The molecular formula is C19H23N3O3. The number of hydrogen-bond acceptors (Lipinski definition) is 4. The molecule has 1 aliphatic heterocycles. The zero-order valence-electron chi connectivity index (χ0n) is 14.4. The predicted molar refractivity (Wildman–Crippen MR) is 98.2 cm³/mol. The van der Waals surface area contributed by atoms with Crippen LogP contribution in [0.3, 0.4) is 0 Å². The number of urea groups is 1. The molecule has 2 aromatic rings. The minimum atomic E-state index is -0.477. The van der Waals surface area contributed by atoms with Crippen LogP contribution >= 0.6 is 0 Å². The predicted octanol–water partition coefficient (Wildman–Crippen LogP) is 2.62. The second-order valence-electron chi connectivity index (χ2n) is 5.89. The lowest BCUT2D eigenvalue weighted by Gasteiger charge is -2.30. The largest absolute Gasteiger partial charge is 0.497 e. The maximum absolute atomic E-state index is 12.0. The summed E-state index contributed by atoms with van der Waals surface area (Å²) >= 11 is 0. The van der Waals surface area contributed by atoms with Gasteiger partial charge in [0, 0.05) is 24.5 Å². The summed E-state index contributed by atoms with van der Waals surface area (Å²) in [7, 11) is 1.63. The molecule has 6 nitrogen and oxygen atoms in total. The third-order valence-electron chi connectivity index (χ3n) is 4.28. The van der Waals surface area contributed by atoms with E-state index in [0.717, 1.165) is 49.0 Å². The number of benzene rings is 2. The number of carbonyl (C=O) groups is 1. The minimum Gasteiger partial charge on any atom is -0.497 e. The molecule has 132 valence electrons. The minimum absolute atomic E-state index is 0.409. The van der Waals surface area contributed by atoms with Crippen molar-refractivity contribution in [3.05, 3.63) is 54.1 Å². The van der Waals surface area contributed by atoms with Gasteiger partial charge in [0.25, 0.3) is 0 Å². The first-order valence-corrected chi connectivity index (χ1v) is 8.30. The first kappa shape index (κ1) is 17.1. The van der Waals surface area contributed by atoms with E-state index in [0.29, 0.717) is 6.54 Å². The first-order chi connectivity index (χ1) is 12.2. The van der Waals surface area contributed by atoms with E-state index in [1.54, 1.807) is 12.0 Å². The number of rotatable bonds is 5. The molecule has 0 bridgehead atoms. The maximum atomic E-state index is 12.0. The van der Waals surface area contributed by atoms with Crippen molar-refractivity contribution in [2.24, 2.45) is 5.73 Å². The summed E-state index contributed by atoms with van der Waals surface area (Å²) in [6.45, 7) is 3.54. The summed E-state index contributed by atoms with van der Waals surface area (Å²) in [5, 5.41) is 0. The number of primary amides is 1. The van der Waals surface area contributed by atoms with E-state index in [4.69, 9.17) is 15.2 Å². The lowest BCUT2D eigenvalue weighted by atomic mass is 10.1. The number of carbonyl (C=O) groups excluding carboxylic acids is 1. The van der Waals surface area contributed by atoms with E-state index in [9.17, 15) is 4.79 Å². The molecule has 0 aromatic heterocycles. The molecule has 2 amide bonds. The second kappa shape index (κ2) is 7.90. The van der Waals surface area contributed by atoms with Gasteiger partial charge in [0.1, 0.15) is 5.75 Å². The van der Waals surface area contributed by atoms with Gasteiger partial charge in [-0.25, -0.2) is 4.79 Å². The SMILES string of the molecule is COc1ccc(CN(C(N)=O)c2cccc(N3CCOCC3)c2)cc1. The number of amides is 2. The highest BCUT2D eigenvalue weighted by Crippen LogP contribution is 2.25. The maximum Gasteiger partial charge on any atom is 0.319 e. The summed E-state index contributed by atoms with van der Waals surface area (Å²) in [6, 6.07) is 15.0. The van der Waals surface area contributed by atoms with Crippen molar-refractivity contribution in [3.8, 4) is 5.75 Å². The standard InChI is InChI=1S/C19H23N3O3/c1-24-18-7-5-15(6-8-18)14-22(19(20)23)17-4-2-3-16(13-17)21-9-11-25-12-10-21/h2-8,13H,9-12,14H2,1H3,(H2,20,23). The molecular weight excluding hydrogens is 318 g/mol. The first-order valence-electron chi connectivity index (χ1n) is 8.30. The van der Waals surface area contributed by atoms with E-state index in [1.807, 2.05) is 48.5 Å². The second-order valence-corrected chi connectivity index (χ2v) is 5.89. The monoisotopic (exact) mass is 341 g/mol. The zero-order chi connectivity index (χ0) is 17.6. The fourth-order valence-corrected chi connectivity index (χ4v) is 2.89. The highest BCUT2D eigenvalue weighted by atomic mass is 16.5. The van der Waals surface area contributed by atoms with Crippen molar-refractivity contribution < 1.29 is 14.3 Å². The summed E-state index contributed by atoms with van der Waals surface area (Å²) in [4.78, 5) is 15.8. The van der Waals surface area contributed by atoms with Crippen molar-refractivity contribution >= 4 is 17.4 Å². The van der Waals surface area contributed by atoms with Gasteiger partial charge >= 0.3 is 6.03 Å². The number of methoxy groups -OCH3 is 1. The van der Waals surface area contributed by atoms with Crippen molar-refractivity contribution in [1.29, 1.82) is 0 Å². The topological polar surface area (TPSA) is 68.0 Å². The number of nitrogens with two attached hydrogens (primary N) is 1. The molecule has 6 heteroatoms. The Labute approximate surface area is 147 Å². The van der Waals surface area contributed by atoms with Crippen molar-refractivity contribution in [1.82, 2.24) is 0 Å². The van der Waals surface area contributed by atoms with Gasteiger partial charge in [-0.1, -0.05) is 18.2 Å². The average Bonchev–Trinajstić information content (AvgIpc) is 2.67. The third kappa shape index (κ3) is 4.22. The molecule has 0 aliphatic carbocycles. The van der Waals surface area contributed by atoms with Crippen molar-refractivity contribution in [2.45, 2.75) is 6.54 Å². The molecule has 0 saturated carbocycles. The van der Waals surface area contributed by atoms with Crippen LogP contribution in [0.4, 0.5) is 16.2 Å². The number of ether oxygens (including phenoxy) is 2. The smallest absolute Gasteiger partial charge is 0.319 e. The molecule has 0 unspecified atom stereocenters. The van der Waals surface area contributed by atoms with Gasteiger partial charge < -0.3 is 20.1 Å². The van der Waals surface area contributed by atoms with E-state index < -0.39 is 6.03 Å². The van der Waals surface area contributed by atoms with E-state index >= 15 is 0 Å². The summed E-state index contributed by atoms with van der Waals surface area (Å²) in [5.74, 6) is 0.781. The van der Waals surface area contributed by atoms with Gasteiger partial charge in [-0.05, 0) is 35.9 Å². The lowest BCUT2D eigenvalue weighted by molar-refractivity contribution is 0.122. The molecule has 2 aromatic carbocycles. The normalized spacial score (nSPS) is 14.2. The number of hydrogen-bond donors (Lipinski definition) is 1. The quantitative estimate of drug-likeness (QED) is 0.908. The van der Waals surface area contributed by atoms with Gasteiger partial charge in [0.05, 0.1) is 26.9 Å². The fourth-order valence-electron chi connectivity index (χ4n) is 2.89. The molecule has 1 fully saturated rings. The van der Waals surface area contributed by atoms with Crippen LogP contribution in [0.2, 0.25) is 0 Å². The van der Waals surface area contributed by atoms with Crippen molar-refractivity contribution in [2.75, 3.05) is 43.2 Å². The molecule has 1 aliphatic rings. The van der Waals surface area contributed by atoms with Gasteiger partial charge in [0.2, 0.25) is 0 Å². The van der Waals surface area contributed by atoms with E-state index in [2.05, 4.69) is 4.90 Å². The number of morpholine rings is 1. The van der Waals surface area contributed by atoms with E-state index in [-0.39, 0.29) is 0 Å². The highest BCUT2D eigenvalue weighted by molar-refractivity contribution is 5.91. The Hall–Kier alpha value is -2.73. The molecule has 3 rings (SSSR count). The molecule has 2 N–H and O–H groups in total. The summed E-state index contributed by atoms with van der Waals surface area (Å²) in [5.41, 5.74) is 8.47. The molecule has 0 radical (unpaired) electrons. The molecule has 1 heterocycles. The van der Waals surface area contributed by atoms with Crippen LogP contribution in [0.15, 0.2) is 48.5 Å². The lowest BCUT2D eigenvalue weighted by Crippen LogP contribution is -2.37. The van der Waals surface area contributed by atoms with Crippen LogP contribution in [0, 0.1) is 0 Å². The molecule has 0 spiro atoms. The van der Waals surface area contributed by atoms with E-state index in [1.165, 1.54) is 0 Å². The average molecular weight is 341 g/mol. The Morgan fingerprint density at radius 2 is 1.92 bits per heavy atom. The van der Waals surface area contributed by atoms with Crippen LogP contribution in [0.5, 0.6) is 5.75 Å². The van der Waals surface area contributed by atoms with Crippen LogP contribution in [-0.4, -0.2) is 39.4 Å². The van der Waals surface area contributed by atoms with Crippen LogP contribution in [0.25, 0.3) is 0 Å². The summed E-state index contributed by atoms with van der Waals surface area (Å²) in [6.07, 6.45) is 0. The van der Waals surface area contributed by atoms with Crippen LogP contribution in [0.1, 0.15) is 5.56 Å². The summed E-state index contributed by atoms with van der Waals surface area (Å²) < 4.78 is 10.6. The fraction of sp³-hybridized carbons (Fsp3) is 0.316. The number of nitrogens with zero attached hydrogens (tertiary/aromatic N) is 2. The Balaban J connectivity index is 1.80. The molecule has 25 heavy (non-hydrogen) atoms.